The minimum Gasteiger partial charge on any atom is -0.328 e. The van der Waals surface area contributed by atoms with E-state index in [2.05, 4.69) is 15.3 Å². The maximum Gasteiger partial charge on any atom is 0.259 e. The van der Waals surface area contributed by atoms with Gasteiger partial charge in [0.25, 0.3) is 5.91 Å². The summed E-state index contributed by atoms with van der Waals surface area (Å²) in [6, 6.07) is 4.40. The molecule has 2 heterocycles. The number of anilines is 2. The second-order valence-corrected chi connectivity index (χ2v) is 5.35. The number of aromatic amines is 1. The van der Waals surface area contributed by atoms with Crippen LogP contribution in [-0.2, 0) is 4.79 Å². The molecule has 0 bridgehead atoms. The highest BCUT2D eigenvalue weighted by atomic mass is 16.2. The largest absolute Gasteiger partial charge is 0.328 e. The van der Waals surface area contributed by atoms with Crippen molar-refractivity contribution < 1.29 is 9.59 Å². The van der Waals surface area contributed by atoms with Gasteiger partial charge in [0, 0.05) is 31.9 Å². The fraction of sp³-hybridized carbons (Fsp3) is 0.294. The van der Waals surface area contributed by atoms with Crippen molar-refractivity contribution in [3.63, 3.8) is 0 Å². The zero-order chi connectivity index (χ0) is 17.5. The van der Waals surface area contributed by atoms with Crippen molar-refractivity contribution in [1.29, 1.82) is 0 Å². The number of carbonyl (C=O) groups excluding carboxylic acids is 2. The molecule has 126 valence electrons. The number of rotatable bonds is 6. The first-order valence-corrected chi connectivity index (χ1v) is 7.73. The molecule has 24 heavy (non-hydrogen) atoms. The molecule has 0 aliphatic heterocycles. The summed E-state index contributed by atoms with van der Waals surface area (Å²) in [5.41, 5.74) is 1.07. The molecule has 2 rings (SSSR count). The van der Waals surface area contributed by atoms with Crippen molar-refractivity contribution in [2.24, 2.45) is 0 Å². The molecule has 2 amide bonds. The van der Waals surface area contributed by atoms with E-state index >= 15 is 0 Å². The molecule has 0 spiro atoms. The zero-order valence-corrected chi connectivity index (χ0v) is 13.7. The van der Waals surface area contributed by atoms with E-state index in [1.165, 1.54) is 29.4 Å². The van der Waals surface area contributed by atoms with Crippen LogP contribution in [0.1, 0.15) is 36.5 Å². The lowest BCUT2D eigenvalue weighted by molar-refractivity contribution is -0.116. The summed E-state index contributed by atoms with van der Waals surface area (Å²) in [4.78, 5) is 43.5. The van der Waals surface area contributed by atoms with E-state index in [0.717, 1.165) is 12.8 Å². The molecular weight excluding hydrogens is 308 g/mol. The van der Waals surface area contributed by atoms with Gasteiger partial charge in [0.1, 0.15) is 0 Å². The van der Waals surface area contributed by atoms with Crippen LogP contribution >= 0.6 is 0 Å². The van der Waals surface area contributed by atoms with Gasteiger partial charge in [0.05, 0.1) is 23.1 Å². The van der Waals surface area contributed by atoms with Gasteiger partial charge in [-0.3, -0.25) is 19.4 Å². The van der Waals surface area contributed by atoms with Gasteiger partial charge in [0.2, 0.25) is 11.5 Å². The van der Waals surface area contributed by atoms with Crippen LogP contribution in [-0.4, -0.2) is 28.8 Å². The molecule has 0 atom stereocenters. The normalized spacial score (nSPS) is 10.2. The van der Waals surface area contributed by atoms with Gasteiger partial charge in [-0.25, -0.2) is 0 Å². The lowest BCUT2D eigenvalue weighted by Gasteiger charge is -2.20. The summed E-state index contributed by atoms with van der Waals surface area (Å²) in [6.45, 7) is 2.01. The Morgan fingerprint density at radius 1 is 1.29 bits per heavy atom. The van der Waals surface area contributed by atoms with E-state index in [4.69, 9.17) is 0 Å². The average Bonchev–Trinajstić information content (AvgIpc) is 2.60. The number of H-pyrrole nitrogens is 1. The Hall–Kier alpha value is -2.96. The van der Waals surface area contributed by atoms with Gasteiger partial charge >= 0.3 is 0 Å². The van der Waals surface area contributed by atoms with E-state index in [1.807, 2.05) is 6.92 Å². The molecule has 0 unspecified atom stereocenters. The van der Waals surface area contributed by atoms with Crippen LogP contribution in [0.3, 0.4) is 0 Å². The molecule has 0 radical (unpaired) electrons. The molecule has 0 saturated heterocycles. The topological polar surface area (TPSA) is 95.2 Å². The monoisotopic (exact) mass is 328 g/mol. The summed E-state index contributed by atoms with van der Waals surface area (Å²) in [6.07, 6.45) is 6.57. The van der Waals surface area contributed by atoms with Crippen LogP contribution in [0.4, 0.5) is 11.4 Å². The molecule has 0 fully saturated rings. The molecule has 0 saturated carbocycles. The second kappa shape index (κ2) is 8.05. The van der Waals surface area contributed by atoms with E-state index in [9.17, 15) is 14.4 Å². The summed E-state index contributed by atoms with van der Waals surface area (Å²) in [5, 5.41) is 2.79. The van der Waals surface area contributed by atoms with E-state index in [0.29, 0.717) is 23.4 Å². The van der Waals surface area contributed by atoms with Crippen LogP contribution in [0.25, 0.3) is 0 Å². The Morgan fingerprint density at radius 3 is 2.75 bits per heavy atom. The number of carbonyl (C=O) groups is 2. The minimum atomic E-state index is -0.304. The Morgan fingerprint density at radius 2 is 2.08 bits per heavy atom. The molecule has 0 aromatic carbocycles. The number of nitrogens with zero attached hydrogens (tertiary/aromatic N) is 2. The van der Waals surface area contributed by atoms with E-state index in [1.54, 1.807) is 19.3 Å². The van der Waals surface area contributed by atoms with E-state index < -0.39 is 0 Å². The van der Waals surface area contributed by atoms with Gasteiger partial charge < -0.3 is 15.2 Å². The molecular formula is C17H20N4O3. The SMILES string of the molecule is CCCCC(=O)Nc1cnccc1N(C)C(=O)c1ccc(=O)[nH]c1. The summed E-state index contributed by atoms with van der Waals surface area (Å²) in [7, 11) is 1.60. The number of hydrogen-bond donors (Lipinski definition) is 2. The predicted molar refractivity (Wildman–Crippen MR) is 92.2 cm³/mol. The highest BCUT2D eigenvalue weighted by Gasteiger charge is 2.17. The Bertz CT molecular complexity index is 765. The van der Waals surface area contributed by atoms with Crippen molar-refractivity contribution in [2.75, 3.05) is 17.3 Å². The third kappa shape index (κ3) is 4.28. The van der Waals surface area contributed by atoms with Crippen LogP contribution in [0.2, 0.25) is 0 Å². The van der Waals surface area contributed by atoms with Gasteiger partial charge in [0.15, 0.2) is 0 Å². The molecule has 7 heteroatoms. The summed E-state index contributed by atoms with van der Waals surface area (Å²) in [5.74, 6) is -0.419. The Balaban J connectivity index is 2.21. The number of pyridine rings is 2. The first-order chi connectivity index (χ1) is 11.5. The third-order valence-corrected chi connectivity index (χ3v) is 3.53. The lowest BCUT2D eigenvalue weighted by atomic mass is 10.2. The lowest BCUT2D eigenvalue weighted by Crippen LogP contribution is -2.28. The van der Waals surface area contributed by atoms with Gasteiger partial charge in [-0.1, -0.05) is 13.3 Å². The smallest absolute Gasteiger partial charge is 0.259 e. The Kier molecular flexibility index (Phi) is 5.83. The van der Waals surface area contributed by atoms with Crippen molar-refractivity contribution >= 4 is 23.2 Å². The third-order valence-electron chi connectivity index (χ3n) is 3.53. The van der Waals surface area contributed by atoms with Gasteiger partial charge in [-0.05, 0) is 18.6 Å². The van der Waals surface area contributed by atoms with Crippen LogP contribution in [0.5, 0.6) is 0 Å². The molecule has 0 aliphatic rings. The van der Waals surface area contributed by atoms with Crippen LogP contribution in [0, 0.1) is 0 Å². The molecule has 7 nitrogen and oxygen atoms in total. The average molecular weight is 328 g/mol. The number of unbranched alkanes of at least 4 members (excludes halogenated alkanes) is 1. The zero-order valence-electron chi connectivity index (χ0n) is 13.7. The fourth-order valence-electron chi connectivity index (χ4n) is 2.17. The summed E-state index contributed by atoms with van der Waals surface area (Å²) >= 11 is 0. The van der Waals surface area contributed by atoms with E-state index in [-0.39, 0.29) is 17.4 Å². The van der Waals surface area contributed by atoms with Gasteiger partial charge in [-0.2, -0.15) is 0 Å². The molecule has 0 aliphatic carbocycles. The van der Waals surface area contributed by atoms with Crippen molar-refractivity contribution in [3.05, 3.63) is 52.7 Å². The minimum absolute atomic E-state index is 0.115. The number of nitrogens with one attached hydrogen (secondary N) is 2. The van der Waals surface area contributed by atoms with Crippen LogP contribution < -0.4 is 15.8 Å². The molecule has 2 aromatic heterocycles. The second-order valence-electron chi connectivity index (χ2n) is 5.35. The quantitative estimate of drug-likeness (QED) is 0.849. The fourth-order valence-corrected chi connectivity index (χ4v) is 2.17. The Labute approximate surface area is 139 Å². The highest BCUT2D eigenvalue weighted by Crippen LogP contribution is 2.25. The van der Waals surface area contributed by atoms with Gasteiger partial charge in [-0.15, -0.1) is 0 Å². The maximum absolute atomic E-state index is 12.5. The van der Waals surface area contributed by atoms with Crippen LogP contribution in [0.15, 0.2) is 41.6 Å². The first-order valence-electron chi connectivity index (χ1n) is 7.73. The predicted octanol–water partition coefficient (Wildman–Crippen LogP) is 2.18. The summed E-state index contributed by atoms with van der Waals surface area (Å²) < 4.78 is 0. The van der Waals surface area contributed by atoms with Crippen molar-refractivity contribution in [1.82, 2.24) is 9.97 Å². The molecule has 2 N–H and O–H groups in total. The number of hydrogen-bond acceptors (Lipinski definition) is 4. The standard InChI is InChI=1S/C17H20N4O3/c1-3-4-5-16(23)20-13-11-18-9-8-14(13)21(2)17(24)12-6-7-15(22)19-10-12/h6-11H,3-5H2,1-2H3,(H,19,22)(H,20,23). The highest BCUT2D eigenvalue weighted by molar-refractivity contribution is 6.08. The maximum atomic E-state index is 12.5. The number of amides is 2. The molecule has 2 aromatic rings. The van der Waals surface area contributed by atoms with Crippen molar-refractivity contribution in [3.8, 4) is 0 Å². The first kappa shape index (κ1) is 17.4. The number of aromatic nitrogens is 2. The van der Waals surface area contributed by atoms with Crippen molar-refractivity contribution in [2.45, 2.75) is 26.2 Å².